The van der Waals surface area contributed by atoms with E-state index in [1.165, 1.54) is 6.20 Å². The highest BCUT2D eigenvalue weighted by Gasteiger charge is 2.20. The number of rotatable bonds is 6. The van der Waals surface area contributed by atoms with Gasteiger partial charge in [-0.25, -0.2) is 4.79 Å². The van der Waals surface area contributed by atoms with Crippen molar-refractivity contribution in [2.45, 2.75) is 33.6 Å². The molecule has 1 rings (SSSR count). The fourth-order valence-corrected chi connectivity index (χ4v) is 1.63. The van der Waals surface area contributed by atoms with E-state index < -0.39 is 5.97 Å². The Balaban J connectivity index is 2.76. The highest BCUT2D eigenvalue weighted by atomic mass is 16.5. The number of aromatic amines is 1. The molecule has 0 aliphatic carbocycles. The molecule has 1 aromatic heterocycles. The first kappa shape index (κ1) is 14.2. The maximum Gasteiger partial charge on any atom is 0.343 e. The van der Waals surface area contributed by atoms with Crippen molar-refractivity contribution in [2.24, 2.45) is 5.92 Å². The number of nitrogens with zero attached hydrogens (tertiary/aromatic N) is 1. The van der Waals surface area contributed by atoms with Gasteiger partial charge in [0, 0.05) is 5.92 Å². The molecule has 0 saturated heterocycles. The maximum atomic E-state index is 11.9. The van der Waals surface area contributed by atoms with Crippen molar-refractivity contribution >= 4 is 17.7 Å². The summed E-state index contributed by atoms with van der Waals surface area (Å²) in [5.74, 6) is -0.380. The first-order valence-corrected chi connectivity index (χ1v) is 6.15. The van der Waals surface area contributed by atoms with E-state index in [4.69, 9.17) is 4.74 Å². The molecule has 0 fully saturated rings. The van der Waals surface area contributed by atoms with E-state index >= 15 is 0 Å². The van der Waals surface area contributed by atoms with Crippen molar-refractivity contribution in [3.8, 4) is 0 Å². The van der Waals surface area contributed by atoms with Crippen LogP contribution < -0.4 is 5.32 Å². The van der Waals surface area contributed by atoms with Crippen LogP contribution in [0.4, 0.5) is 5.82 Å². The van der Waals surface area contributed by atoms with Gasteiger partial charge < -0.3 is 10.1 Å². The molecular formula is C12H19N3O3. The van der Waals surface area contributed by atoms with Crippen LogP contribution in [0.5, 0.6) is 0 Å². The summed E-state index contributed by atoms with van der Waals surface area (Å²) in [6.07, 6.45) is 2.86. The Morgan fingerprint density at radius 1 is 1.39 bits per heavy atom. The summed E-state index contributed by atoms with van der Waals surface area (Å²) in [5.41, 5.74) is 0.246. The van der Waals surface area contributed by atoms with Crippen LogP contribution in [0.15, 0.2) is 6.20 Å². The van der Waals surface area contributed by atoms with Crippen LogP contribution >= 0.6 is 0 Å². The number of ether oxygens (including phenoxy) is 1. The Bertz CT molecular complexity index is 410. The van der Waals surface area contributed by atoms with E-state index in [1.54, 1.807) is 6.92 Å². The SMILES string of the molecule is CCOC(=O)c1cn[nH]c1NC(=O)C(CC)CC. The number of H-pyrrole nitrogens is 1. The van der Waals surface area contributed by atoms with Crippen LogP contribution in [0.25, 0.3) is 0 Å². The third-order valence-corrected chi connectivity index (χ3v) is 2.74. The average molecular weight is 253 g/mol. The number of hydrogen-bond acceptors (Lipinski definition) is 4. The fraction of sp³-hybridized carbons (Fsp3) is 0.583. The van der Waals surface area contributed by atoms with Gasteiger partial charge in [0.05, 0.1) is 12.8 Å². The number of esters is 1. The van der Waals surface area contributed by atoms with Crippen molar-refractivity contribution in [1.29, 1.82) is 0 Å². The molecule has 0 aliphatic rings. The van der Waals surface area contributed by atoms with Crippen LogP contribution in [0.2, 0.25) is 0 Å². The van der Waals surface area contributed by atoms with Crippen LogP contribution in [0, 0.1) is 5.92 Å². The predicted molar refractivity (Wildman–Crippen MR) is 67.2 cm³/mol. The summed E-state index contributed by atoms with van der Waals surface area (Å²) >= 11 is 0. The van der Waals surface area contributed by atoms with Crippen molar-refractivity contribution < 1.29 is 14.3 Å². The van der Waals surface area contributed by atoms with Gasteiger partial charge in [-0.2, -0.15) is 5.10 Å². The molecule has 1 heterocycles. The van der Waals surface area contributed by atoms with Gasteiger partial charge in [0.1, 0.15) is 11.4 Å². The largest absolute Gasteiger partial charge is 0.462 e. The standard InChI is InChI=1S/C12H19N3O3/c1-4-8(5-2)11(16)14-10-9(7-13-15-10)12(17)18-6-3/h7-8H,4-6H2,1-3H3,(H2,13,14,15,16). The van der Waals surface area contributed by atoms with E-state index in [9.17, 15) is 9.59 Å². The van der Waals surface area contributed by atoms with E-state index in [1.807, 2.05) is 13.8 Å². The minimum Gasteiger partial charge on any atom is -0.462 e. The number of aromatic nitrogens is 2. The monoisotopic (exact) mass is 253 g/mol. The number of amides is 1. The Kier molecular flexibility index (Phi) is 5.35. The first-order chi connectivity index (χ1) is 8.63. The second-order valence-electron chi connectivity index (χ2n) is 3.88. The summed E-state index contributed by atoms with van der Waals surface area (Å²) in [4.78, 5) is 23.5. The highest BCUT2D eigenvalue weighted by molar-refractivity contribution is 6.00. The lowest BCUT2D eigenvalue weighted by Crippen LogP contribution is -2.23. The molecule has 18 heavy (non-hydrogen) atoms. The molecule has 0 unspecified atom stereocenters. The molecule has 0 bridgehead atoms. The summed E-state index contributed by atoms with van der Waals surface area (Å²) in [5, 5.41) is 9.02. The van der Waals surface area contributed by atoms with Gasteiger partial charge in [0.2, 0.25) is 5.91 Å². The van der Waals surface area contributed by atoms with E-state index in [0.717, 1.165) is 12.8 Å². The minimum absolute atomic E-state index is 0.0663. The molecule has 0 saturated carbocycles. The zero-order valence-electron chi connectivity index (χ0n) is 10.9. The second-order valence-corrected chi connectivity index (χ2v) is 3.88. The maximum absolute atomic E-state index is 11.9. The second kappa shape index (κ2) is 6.78. The normalized spacial score (nSPS) is 10.4. The number of carbonyl (C=O) groups excluding carboxylic acids is 2. The lowest BCUT2D eigenvalue weighted by atomic mass is 10.0. The Labute approximate surface area is 106 Å². The lowest BCUT2D eigenvalue weighted by Gasteiger charge is -2.12. The third kappa shape index (κ3) is 3.32. The summed E-state index contributed by atoms with van der Waals surface area (Å²) < 4.78 is 4.87. The molecule has 6 heteroatoms. The van der Waals surface area contributed by atoms with Gasteiger partial charge in [0.25, 0.3) is 0 Å². The lowest BCUT2D eigenvalue weighted by molar-refractivity contribution is -0.120. The molecule has 1 amide bonds. The third-order valence-electron chi connectivity index (χ3n) is 2.74. The quantitative estimate of drug-likeness (QED) is 0.759. The average Bonchev–Trinajstić information content (AvgIpc) is 2.79. The summed E-state index contributed by atoms with van der Waals surface area (Å²) in [7, 11) is 0. The molecule has 1 aromatic rings. The van der Waals surface area contributed by atoms with E-state index in [0.29, 0.717) is 5.82 Å². The molecule has 6 nitrogen and oxygen atoms in total. The number of hydrogen-bond donors (Lipinski definition) is 2. The molecule has 100 valence electrons. The van der Waals surface area contributed by atoms with Crippen molar-refractivity contribution in [3.63, 3.8) is 0 Å². The number of carbonyl (C=O) groups is 2. The smallest absolute Gasteiger partial charge is 0.343 e. The number of anilines is 1. The Morgan fingerprint density at radius 3 is 2.61 bits per heavy atom. The molecule has 0 aromatic carbocycles. The number of nitrogens with one attached hydrogen (secondary N) is 2. The van der Waals surface area contributed by atoms with Gasteiger partial charge in [-0.15, -0.1) is 0 Å². The van der Waals surface area contributed by atoms with Crippen molar-refractivity contribution in [1.82, 2.24) is 10.2 Å². The van der Waals surface area contributed by atoms with Crippen LogP contribution in [0.3, 0.4) is 0 Å². The highest BCUT2D eigenvalue weighted by Crippen LogP contribution is 2.16. The van der Waals surface area contributed by atoms with E-state index in [2.05, 4.69) is 15.5 Å². The minimum atomic E-state index is -0.494. The Morgan fingerprint density at radius 2 is 2.06 bits per heavy atom. The Hall–Kier alpha value is -1.85. The van der Waals surface area contributed by atoms with E-state index in [-0.39, 0.29) is 24.0 Å². The van der Waals surface area contributed by atoms with Gasteiger partial charge >= 0.3 is 5.97 Å². The topological polar surface area (TPSA) is 84.1 Å². The van der Waals surface area contributed by atoms with Crippen molar-refractivity contribution in [3.05, 3.63) is 11.8 Å². The van der Waals surface area contributed by atoms with Gasteiger partial charge in [0.15, 0.2) is 0 Å². The zero-order chi connectivity index (χ0) is 13.5. The molecule has 0 atom stereocenters. The summed E-state index contributed by atoms with van der Waals surface area (Å²) in [6, 6.07) is 0. The molecule has 0 radical (unpaired) electrons. The predicted octanol–water partition coefficient (Wildman–Crippen LogP) is 1.96. The van der Waals surface area contributed by atoms with Crippen LogP contribution in [-0.2, 0) is 9.53 Å². The van der Waals surface area contributed by atoms with Crippen LogP contribution in [-0.4, -0.2) is 28.7 Å². The zero-order valence-corrected chi connectivity index (χ0v) is 10.9. The fourth-order valence-electron chi connectivity index (χ4n) is 1.63. The van der Waals surface area contributed by atoms with Gasteiger partial charge in [-0.3, -0.25) is 9.89 Å². The molecule has 0 aliphatic heterocycles. The van der Waals surface area contributed by atoms with Crippen molar-refractivity contribution in [2.75, 3.05) is 11.9 Å². The molecule has 0 spiro atoms. The van der Waals surface area contributed by atoms with Gasteiger partial charge in [-0.05, 0) is 19.8 Å². The summed E-state index contributed by atoms with van der Waals surface area (Å²) in [6.45, 7) is 5.91. The first-order valence-electron chi connectivity index (χ1n) is 6.15. The molecular weight excluding hydrogens is 234 g/mol. The van der Waals surface area contributed by atoms with Gasteiger partial charge in [-0.1, -0.05) is 13.8 Å². The van der Waals surface area contributed by atoms with Crippen LogP contribution in [0.1, 0.15) is 44.0 Å². The molecule has 2 N–H and O–H groups in total.